The number of carbonyl (C=O) groups is 1. The lowest BCUT2D eigenvalue weighted by molar-refractivity contribution is 0.0998. The molecule has 0 radical (unpaired) electrons. The van der Waals surface area contributed by atoms with Crippen LogP contribution in [0.2, 0.25) is 0 Å². The van der Waals surface area contributed by atoms with E-state index in [1.165, 1.54) is 12.3 Å². The number of ether oxygens (including phenoxy) is 2. The van der Waals surface area contributed by atoms with E-state index in [1.54, 1.807) is 7.11 Å². The maximum Gasteiger partial charge on any atom is 0.322 e. The Bertz CT molecular complexity index is 1200. The maximum absolute atomic E-state index is 12.7. The maximum atomic E-state index is 12.7. The zero-order valence-corrected chi connectivity index (χ0v) is 22.2. The number of nitroso groups, excluding NO2 is 1. The van der Waals surface area contributed by atoms with Gasteiger partial charge in [-0.15, -0.1) is 4.91 Å². The van der Waals surface area contributed by atoms with Crippen molar-refractivity contribution in [2.45, 2.75) is 71.8 Å². The van der Waals surface area contributed by atoms with Gasteiger partial charge in [-0.05, 0) is 42.4 Å². The molecule has 10 heteroatoms. The molecule has 1 aromatic carbocycles. The summed E-state index contributed by atoms with van der Waals surface area (Å²) in [6.07, 6.45) is 8.54. The van der Waals surface area contributed by atoms with Crippen LogP contribution in [-0.4, -0.2) is 30.7 Å². The van der Waals surface area contributed by atoms with Crippen LogP contribution < -0.4 is 20.7 Å². The molecule has 2 heterocycles. The number of rotatable bonds is 12. The minimum Gasteiger partial charge on any atom is -0.493 e. The molecule has 1 unspecified atom stereocenters. The number of amides is 1. The lowest BCUT2D eigenvalue weighted by Crippen LogP contribution is -2.32. The second-order valence-corrected chi connectivity index (χ2v) is 10.4. The Morgan fingerprint density at radius 2 is 1.78 bits per heavy atom. The number of nitrogens with two attached hydrogens (primary N) is 1. The first-order valence-corrected chi connectivity index (χ1v) is 12.8. The van der Waals surface area contributed by atoms with Crippen LogP contribution in [0.25, 0.3) is 11.3 Å². The van der Waals surface area contributed by atoms with Crippen LogP contribution in [0.15, 0.2) is 44.7 Å². The normalized spacial score (nSPS) is 14.8. The third kappa shape index (κ3) is 6.81. The van der Waals surface area contributed by atoms with E-state index in [0.717, 1.165) is 49.7 Å². The number of methoxy groups -OCH3 is 1. The van der Waals surface area contributed by atoms with Crippen LogP contribution in [-0.2, 0) is 6.42 Å². The highest BCUT2D eigenvalue weighted by Crippen LogP contribution is 2.45. The number of benzene rings is 1. The Kier molecular flexibility index (Phi) is 9.54. The lowest BCUT2D eigenvalue weighted by atomic mass is 9.78. The summed E-state index contributed by atoms with van der Waals surface area (Å²) in [4.78, 5) is 35.5. The van der Waals surface area contributed by atoms with E-state index < -0.39 is 11.3 Å². The van der Waals surface area contributed by atoms with Gasteiger partial charge in [-0.1, -0.05) is 51.7 Å². The van der Waals surface area contributed by atoms with E-state index in [4.69, 9.17) is 15.3 Å². The van der Waals surface area contributed by atoms with Crippen molar-refractivity contribution in [1.29, 1.82) is 0 Å². The van der Waals surface area contributed by atoms with Gasteiger partial charge in [-0.25, -0.2) is 0 Å². The van der Waals surface area contributed by atoms with Gasteiger partial charge < -0.3 is 19.9 Å². The Morgan fingerprint density at radius 1 is 1.08 bits per heavy atom. The van der Waals surface area contributed by atoms with Crippen molar-refractivity contribution in [3.63, 3.8) is 0 Å². The van der Waals surface area contributed by atoms with Crippen molar-refractivity contribution < 1.29 is 14.3 Å². The summed E-state index contributed by atoms with van der Waals surface area (Å²) in [6.45, 7) is 7.58. The molecule has 0 fully saturated rings. The fourth-order valence-electron chi connectivity index (χ4n) is 4.78. The van der Waals surface area contributed by atoms with E-state index in [0.29, 0.717) is 36.8 Å². The van der Waals surface area contributed by atoms with Crippen molar-refractivity contribution in [3.05, 3.63) is 50.7 Å². The first kappa shape index (κ1) is 28.0. The van der Waals surface area contributed by atoms with Gasteiger partial charge >= 0.3 is 5.91 Å². The minimum atomic E-state index is -1.06. The molecule has 37 heavy (non-hydrogen) atoms. The molecular formula is C27H37N5O5. The second-order valence-electron chi connectivity index (χ2n) is 10.4. The predicted octanol–water partition coefficient (Wildman–Crippen LogP) is 5.62. The average Bonchev–Trinajstić information content (AvgIpc) is 2.87. The number of aromatic nitrogens is 1. The van der Waals surface area contributed by atoms with Crippen molar-refractivity contribution in [2.24, 2.45) is 26.8 Å². The molecule has 1 atom stereocenters. The SMILES string of the molecule is COc1cc2c(cc1OCCCCCCCCN=NN)CC(C(C)(C)C)n1cc(C(=O)N=O)c(=O)cc1-2. The number of fused-ring (bicyclic) bond motifs is 3. The van der Waals surface area contributed by atoms with Crippen LogP contribution in [0.4, 0.5) is 0 Å². The molecule has 3 rings (SSSR count). The number of nitrogens with zero attached hydrogens (tertiary/aromatic N) is 4. The lowest BCUT2D eigenvalue weighted by Gasteiger charge is -2.39. The van der Waals surface area contributed by atoms with Crippen LogP contribution in [0.5, 0.6) is 11.5 Å². The Hall–Kier alpha value is -3.56. The van der Waals surface area contributed by atoms with Crippen molar-refractivity contribution in [2.75, 3.05) is 20.3 Å². The largest absolute Gasteiger partial charge is 0.493 e. The van der Waals surface area contributed by atoms with E-state index >= 15 is 0 Å². The van der Waals surface area contributed by atoms with Gasteiger partial charge in [-0.2, -0.15) is 5.11 Å². The molecule has 10 nitrogen and oxygen atoms in total. The van der Waals surface area contributed by atoms with E-state index in [9.17, 15) is 14.5 Å². The summed E-state index contributed by atoms with van der Waals surface area (Å²) in [7, 11) is 1.59. The van der Waals surface area contributed by atoms with E-state index in [-0.39, 0.29) is 17.0 Å². The molecule has 2 aromatic rings. The molecule has 0 spiro atoms. The molecule has 1 aliphatic rings. The summed E-state index contributed by atoms with van der Waals surface area (Å²) in [5, 5.41) is 9.49. The highest BCUT2D eigenvalue weighted by Gasteiger charge is 2.34. The first-order valence-electron chi connectivity index (χ1n) is 12.8. The van der Waals surface area contributed by atoms with Crippen LogP contribution in [0, 0.1) is 10.3 Å². The van der Waals surface area contributed by atoms with Gasteiger partial charge in [0.25, 0.3) is 0 Å². The summed E-state index contributed by atoms with van der Waals surface area (Å²) in [5.41, 5.74) is 1.62. The second kappa shape index (κ2) is 12.6. The number of carbonyl (C=O) groups excluding carboxylic acids is 1. The number of hydrogen-bond donors (Lipinski definition) is 1. The molecular weight excluding hydrogens is 474 g/mol. The summed E-state index contributed by atoms with van der Waals surface area (Å²) in [5.74, 6) is 5.20. The highest BCUT2D eigenvalue weighted by atomic mass is 16.5. The number of pyridine rings is 1. The summed E-state index contributed by atoms with van der Waals surface area (Å²) < 4.78 is 13.7. The van der Waals surface area contributed by atoms with Crippen molar-refractivity contribution in [1.82, 2.24) is 4.57 Å². The van der Waals surface area contributed by atoms with Gasteiger partial charge in [0, 0.05) is 29.0 Å². The van der Waals surface area contributed by atoms with Crippen molar-refractivity contribution in [3.8, 4) is 22.8 Å². The Labute approximate surface area is 217 Å². The topological polar surface area (TPSA) is 138 Å². The molecule has 0 saturated carbocycles. The predicted molar refractivity (Wildman–Crippen MR) is 142 cm³/mol. The average molecular weight is 512 g/mol. The molecule has 1 aliphatic heterocycles. The Balaban J connectivity index is 1.79. The first-order chi connectivity index (χ1) is 17.7. The van der Waals surface area contributed by atoms with Crippen LogP contribution in [0.3, 0.4) is 0 Å². The van der Waals surface area contributed by atoms with Gasteiger partial charge in [0.1, 0.15) is 5.56 Å². The number of hydrogen-bond acceptors (Lipinski definition) is 7. The molecule has 0 aliphatic carbocycles. The van der Waals surface area contributed by atoms with Gasteiger partial charge in [0.05, 0.1) is 26.0 Å². The molecule has 1 amide bonds. The minimum absolute atomic E-state index is 0.0543. The fourth-order valence-corrected chi connectivity index (χ4v) is 4.78. The third-order valence-electron chi connectivity index (χ3n) is 6.80. The summed E-state index contributed by atoms with van der Waals surface area (Å²) in [6, 6.07) is 5.24. The number of unbranched alkanes of at least 4 members (excludes halogenated alkanes) is 5. The van der Waals surface area contributed by atoms with Gasteiger partial charge in [-0.3, -0.25) is 9.59 Å². The zero-order chi connectivity index (χ0) is 27.0. The fraction of sp³-hybridized carbons (Fsp3) is 0.556. The smallest absolute Gasteiger partial charge is 0.322 e. The standard InChI is InChI=1S/C27H37N5O5/c1-27(2,3)25-14-18-13-24(37-12-10-8-6-5-7-9-11-29-31-28)23(36-4)15-19(18)21-16-22(33)20(17-32(21)25)26(34)30-35/h13,15-17,25H,5-12,14H2,1-4H3,(H2,28,29). The van der Waals surface area contributed by atoms with E-state index in [1.807, 2.05) is 16.7 Å². The van der Waals surface area contributed by atoms with Gasteiger partial charge in [0.2, 0.25) is 0 Å². The molecule has 1 aromatic heterocycles. The van der Waals surface area contributed by atoms with Crippen LogP contribution in [0.1, 0.15) is 81.3 Å². The van der Waals surface area contributed by atoms with Crippen LogP contribution >= 0.6 is 0 Å². The monoisotopic (exact) mass is 511 g/mol. The third-order valence-corrected chi connectivity index (χ3v) is 6.80. The molecule has 0 bridgehead atoms. The molecule has 2 N–H and O–H groups in total. The Morgan fingerprint density at radius 3 is 2.43 bits per heavy atom. The van der Waals surface area contributed by atoms with Crippen molar-refractivity contribution >= 4 is 5.91 Å². The van der Waals surface area contributed by atoms with Gasteiger partial charge in [0.15, 0.2) is 16.9 Å². The molecule has 0 saturated heterocycles. The van der Waals surface area contributed by atoms with E-state index in [2.05, 4.69) is 36.3 Å². The molecule has 200 valence electrons. The zero-order valence-electron chi connectivity index (χ0n) is 22.2. The summed E-state index contributed by atoms with van der Waals surface area (Å²) >= 11 is 0. The quantitative estimate of drug-likeness (QED) is 0.129. The highest BCUT2D eigenvalue weighted by molar-refractivity contribution is 5.94.